The van der Waals surface area contributed by atoms with Crippen molar-refractivity contribution in [2.45, 2.75) is 32.9 Å². The van der Waals surface area contributed by atoms with Gasteiger partial charge in [-0.15, -0.1) is 0 Å². The molecule has 0 bridgehead atoms. The average molecular weight is 460 g/mol. The standard InChI is InChI=1S/C24H33N3O4S/c1-19(2)15-16-25-24(29)23(21-13-9-6-10-14-21)27(17-20-11-7-5-8-12-20)22(28)18-26(3)32(4,30)31/h5-14,19,23H,15-18H2,1-4H3,(H,25,29)/t23-/m0/s1. The third kappa shape index (κ3) is 7.76. The van der Waals surface area contributed by atoms with Gasteiger partial charge in [-0.05, 0) is 23.5 Å². The lowest BCUT2D eigenvalue weighted by molar-refractivity contribution is -0.141. The van der Waals surface area contributed by atoms with Crippen molar-refractivity contribution in [3.63, 3.8) is 0 Å². The Kier molecular flexibility index (Phi) is 9.41. The van der Waals surface area contributed by atoms with E-state index in [1.54, 1.807) is 12.1 Å². The third-order valence-corrected chi connectivity index (χ3v) is 6.40. The maximum absolute atomic E-state index is 13.3. The molecule has 0 aliphatic carbocycles. The van der Waals surface area contributed by atoms with Gasteiger partial charge < -0.3 is 10.2 Å². The molecule has 1 atom stereocenters. The molecule has 0 saturated heterocycles. The molecular formula is C24H33N3O4S. The number of nitrogens with zero attached hydrogens (tertiary/aromatic N) is 2. The molecule has 2 rings (SSSR count). The zero-order chi connectivity index (χ0) is 23.7. The van der Waals surface area contributed by atoms with Crippen LogP contribution in [-0.2, 0) is 26.2 Å². The smallest absolute Gasteiger partial charge is 0.247 e. The molecule has 0 aliphatic heterocycles. The van der Waals surface area contributed by atoms with E-state index >= 15 is 0 Å². The highest BCUT2D eigenvalue weighted by atomic mass is 32.2. The van der Waals surface area contributed by atoms with Gasteiger partial charge in [-0.1, -0.05) is 74.5 Å². The summed E-state index contributed by atoms with van der Waals surface area (Å²) in [6.07, 6.45) is 1.87. The normalized spacial score (nSPS) is 12.6. The number of benzene rings is 2. The van der Waals surface area contributed by atoms with Crippen LogP contribution in [0, 0.1) is 5.92 Å². The molecular weight excluding hydrogens is 426 g/mol. The molecule has 32 heavy (non-hydrogen) atoms. The molecule has 0 aromatic heterocycles. The van der Waals surface area contributed by atoms with Crippen LogP contribution in [0.5, 0.6) is 0 Å². The first-order valence-corrected chi connectivity index (χ1v) is 12.5. The second-order valence-electron chi connectivity index (χ2n) is 8.31. The van der Waals surface area contributed by atoms with Crippen LogP contribution in [0.1, 0.15) is 37.4 Å². The van der Waals surface area contributed by atoms with E-state index in [4.69, 9.17) is 0 Å². The number of likely N-dealkylation sites (N-methyl/N-ethyl adjacent to an activating group) is 1. The summed E-state index contributed by atoms with van der Waals surface area (Å²) in [6, 6.07) is 17.5. The summed E-state index contributed by atoms with van der Waals surface area (Å²) in [5.41, 5.74) is 1.51. The Balaban J connectivity index is 2.42. The van der Waals surface area contributed by atoms with E-state index in [2.05, 4.69) is 19.2 Å². The van der Waals surface area contributed by atoms with Gasteiger partial charge >= 0.3 is 0 Å². The van der Waals surface area contributed by atoms with E-state index < -0.39 is 22.0 Å². The fourth-order valence-electron chi connectivity index (χ4n) is 3.19. The van der Waals surface area contributed by atoms with Gasteiger partial charge in [0, 0.05) is 20.1 Å². The second-order valence-corrected chi connectivity index (χ2v) is 10.4. The Hall–Kier alpha value is -2.71. The molecule has 1 N–H and O–H groups in total. The Morgan fingerprint density at radius 1 is 0.969 bits per heavy atom. The molecule has 0 heterocycles. The van der Waals surface area contributed by atoms with Gasteiger partial charge in [0.05, 0.1) is 12.8 Å². The Morgan fingerprint density at radius 2 is 1.53 bits per heavy atom. The van der Waals surface area contributed by atoms with E-state index in [1.165, 1.54) is 11.9 Å². The Bertz CT molecular complexity index is 979. The number of nitrogens with one attached hydrogen (secondary N) is 1. The number of sulfonamides is 1. The molecule has 8 heteroatoms. The molecule has 2 amide bonds. The van der Waals surface area contributed by atoms with Crippen LogP contribution in [-0.4, -0.2) is 55.8 Å². The summed E-state index contributed by atoms with van der Waals surface area (Å²) in [4.78, 5) is 28.1. The van der Waals surface area contributed by atoms with Gasteiger partial charge in [-0.25, -0.2) is 8.42 Å². The van der Waals surface area contributed by atoms with Gasteiger partial charge in [0.1, 0.15) is 6.04 Å². The SMILES string of the molecule is CC(C)CCNC(=O)[C@H](c1ccccc1)N(Cc1ccccc1)C(=O)CN(C)S(C)(=O)=O. The summed E-state index contributed by atoms with van der Waals surface area (Å²) in [7, 11) is -2.20. The van der Waals surface area contributed by atoms with E-state index in [1.807, 2.05) is 48.5 Å². The average Bonchev–Trinajstić information content (AvgIpc) is 2.73. The molecule has 0 aliphatic rings. The first-order chi connectivity index (χ1) is 15.1. The lowest BCUT2D eigenvalue weighted by Gasteiger charge is -2.32. The number of rotatable bonds is 11. The fourth-order valence-corrected chi connectivity index (χ4v) is 3.54. The molecule has 0 fully saturated rings. The van der Waals surface area contributed by atoms with Gasteiger partial charge in [0.25, 0.3) is 0 Å². The van der Waals surface area contributed by atoms with Crippen molar-refractivity contribution >= 4 is 21.8 Å². The fraction of sp³-hybridized carbons (Fsp3) is 0.417. The summed E-state index contributed by atoms with van der Waals surface area (Å²) in [6.45, 7) is 4.47. The Labute approximate surface area is 191 Å². The summed E-state index contributed by atoms with van der Waals surface area (Å²) < 4.78 is 24.8. The largest absolute Gasteiger partial charge is 0.354 e. The topological polar surface area (TPSA) is 86.8 Å². The molecule has 7 nitrogen and oxygen atoms in total. The molecule has 0 spiro atoms. The van der Waals surface area contributed by atoms with Crippen LogP contribution in [0.25, 0.3) is 0 Å². The molecule has 0 saturated carbocycles. The maximum atomic E-state index is 13.3. The predicted molar refractivity (Wildman–Crippen MR) is 126 cm³/mol. The van der Waals surface area contributed by atoms with Gasteiger partial charge in [-0.2, -0.15) is 4.31 Å². The van der Waals surface area contributed by atoms with Crippen LogP contribution in [0.4, 0.5) is 0 Å². The number of carbonyl (C=O) groups excluding carboxylic acids is 2. The van der Waals surface area contributed by atoms with Gasteiger partial charge in [0.2, 0.25) is 21.8 Å². The Morgan fingerprint density at radius 3 is 2.06 bits per heavy atom. The van der Waals surface area contributed by atoms with Crippen LogP contribution >= 0.6 is 0 Å². The highest BCUT2D eigenvalue weighted by Gasteiger charge is 2.32. The first kappa shape index (κ1) is 25.5. The van der Waals surface area contributed by atoms with E-state index in [9.17, 15) is 18.0 Å². The van der Waals surface area contributed by atoms with E-state index in [0.717, 1.165) is 22.5 Å². The number of hydrogen-bond acceptors (Lipinski definition) is 4. The molecule has 0 unspecified atom stereocenters. The van der Waals surface area contributed by atoms with Crippen LogP contribution < -0.4 is 5.32 Å². The van der Waals surface area contributed by atoms with Crippen LogP contribution in [0.15, 0.2) is 60.7 Å². The lowest BCUT2D eigenvalue weighted by Crippen LogP contribution is -2.47. The quantitative estimate of drug-likeness (QED) is 0.560. The van der Waals surface area contributed by atoms with Gasteiger partial charge in [-0.3, -0.25) is 9.59 Å². The van der Waals surface area contributed by atoms with Crippen LogP contribution in [0.3, 0.4) is 0 Å². The van der Waals surface area contributed by atoms with Crippen molar-refractivity contribution in [3.8, 4) is 0 Å². The third-order valence-electron chi connectivity index (χ3n) is 5.14. The lowest BCUT2D eigenvalue weighted by atomic mass is 10.0. The minimum atomic E-state index is -3.55. The van der Waals surface area contributed by atoms with Gasteiger partial charge in [0.15, 0.2) is 0 Å². The first-order valence-electron chi connectivity index (χ1n) is 10.7. The minimum absolute atomic E-state index is 0.175. The maximum Gasteiger partial charge on any atom is 0.247 e. The number of hydrogen-bond donors (Lipinski definition) is 1. The number of carbonyl (C=O) groups is 2. The van der Waals surface area contributed by atoms with E-state index in [0.29, 0.717) is 18.0 Å². The summed E-state index contributed by atoms with van der Waals surface area (Å²) in [5.74, 6) is -0.311. The van der Waals surface area contributed by atoms with Crippen LogP contribution in [0.2, 0.25) is 0 Å². The molecule has 2 aromatic rings. The molecule has 0 radical (unpaired) electrons. The van der Waals surface area contributed by atoms with Crippen molar-refractivity contribution in [1.82, 2.24) is 14.5 Å². The van der Waals surface area contributed by atoms with Crippen molar-refractivity contribution in [1.29, 1.82) is 0 Å². The van der Waals surface area contributed by atoms with Crippen molar-refractivity contribution in [2.24, 2.45) is 5.92 Å². The summed E-state index contributed by atoms with van der Waals surface area (Å²) >= 11 is 0. The summed E-state index contributed by atoms with van der Waals surface area (Å²) in [5, 5.41) is 2.95. The predicted octanol–water partition coefficient (Wildman–Crippen LogP) is 2.81. The zero-order valence-electron chi connectivity index (χ0n) is 19.2. The van der Waals surface area contributed by atoms with E-state index in [-0.39, 0.29) is 19.0 Å². The monoisotopic (exact) mass is 459 g/mol. The second kappa shape index (κ2) is 11.8. The highest BCUT2D eigenvalue weighted by Crippen LogP contribution is 2.24. The minimum Gasteiger partial charge on any atom is -0.354 e. The highest BCUT2D eigenvalue weighted by molar-refractivity contribution is 7.88. The van der Waals surface area contributed by atoms with Crippen molar-refractivity contribution in [3.05, 3.63) is 71.8 Å². The molecule has 2 aromatic carbocycles. The zero-order valence-corrected chi connectivity index (χ0v) is 20.0. The number of amides is 2. The van der Waals surface area contributed by atoms with Crippen molar-refractivity contribution in [2.75, 3.05) is 26.4 Å². The molecule has 174 valence electrons. The van der Waals surface area contributed by atoms with Crippen molar-refractivity contribution < 1.29 is 18.0 Å².